The summed E-state index contributed by atoms with van der Waals surface area (Å²) in [7, 11) is -3.34. The van der Waals surface area contributed by atoms with Crippen LogP contribution in [0.2, 0.25) is 0 Å². The van der Waals surface area contributed by atoms with Gasteiger partial charge in [-0.05, 0) is 54.7 Å². The van der Waals surface area contributed by atoms with Crippen LogP contribution in [0.5, 0.6) is 0 Å². The van der Waals surface area contributed by atoms with Gasteiger partial charge < -0.3 is 10.2 Å². The van der Waals surface area contributed by atoms with Crippen LogP contribution in [0.3, 0.4) is 0 Å². The van der Waals surface area contributed by atoms with Crippen molar-refractivity contribution in [1.82, 2.24) is 4.90 Å². The first-order valence-electron chi connectivity index (χ1n) is 8.87. The Hall–Kier alpha value is -2.60. The molecule has 0 saturated heterocycles. The highest BCUT2D eigenvalue weighted by Crippen LogP contribution is 2.26. The molecule has 0 unspecified atom stereocenters. The quantitative estimate of drug-likeness (QED) is 0.869. The maximum atomic E-state index is 12.8. The molecule has 5 nitrogen and oxygen atoms in total. The summed E-state index contributed by atoms with van der Waals surface area (Å²) in [6, 6.07) is 13.0. The van der Waals surface area contributed by atoms with Crippen molar-refractivity contribution in [2.45, 2.75) is 25.2 Å². The number of benzene rings is 2. The second-order valence-corrected chi connectivity index (χ2v) is 8.94. The summed E-state index contributed by atoms with van der Waals surface area (Å²) in [4.78, 5) is 14.8. The Morgan fingerprint density at radius 2 is 1.81 bits per heavy atom. The molecule has 0 fully saturated rings. The number of hydrogen-bond acceptors (Lipinski definition) is 3. The lowest BCUT2D eigenvalue weighted by Gasteiger charge is -2.28. The van der Waals surface area contributed by atoms with Gasteiger partial charge in [-0.15, -0.1) is 0 Å². The number of urea groups is 1. The molecule has 0 aliphatic carbocycles. The molecular formula is C21H24N2O3S. The number of carbonyl (C=O) groups excluding carboxylic acids is 1. The van der Waals surface area contributed by atoms with E-state index in [0.717, 1.165) is 28.7 Å². The molecule has 0 aromatic heterocycles. The van der Waals surface area contributed by atoms with E-state index in [2.05, 4.69) is 11.4 Å². The number of sulfone groups is 1. The lowest BCUT2D eigenvalue weighted by atomic mass is 10.0. The number of rotatable bonds is 3. The molecule has 1 aliphatic rings. The van der Waals surface area contributed by atoms with Crippen LogP contribution < -0.4 is 5.32 Å². The largest absolute Gasteiger partial charge is 0.322 e. The zero-order valence-electron chi connectivity index (χ0n) is 15.8. The molecule has 27 heavy (non-hydrogen) atoms. The molecule has 2 aromatic rings. The van der Waals surface area contributed by atoms with Crippen LogP contribution in [-0.2, 0) is 9.84 Å². The van der Waals surface area contributed by atoms with Crippen LogP contribution >= 0.6 is 0 Å². The molecule has 1 aliphatic heterocycles. The fourth-order valence-electron chi connectivity index (χ4n) is 3.14. The van der Waals surface area contributed by atoms with E-state index in [1.54, 1.807) is 11.0 Å². The molecule has 0 atom stereocenters. The van der Waals surface area contributed by atoms with Crippen molar-refractivity contribution in [3.63, 3.8) is 0 Å². The zero-order chi connectivity index (χ0) is 19.6. The van der Waals surface area contributed by atoms with Crippen molar-refractivity contribution in [2.24, 2.45) is 0 Å². The maximum absolute atomic E-state index is 12.8. The van der Waals surface area contributed by atoms with Crippen molar-refractivity contribution in [1.29, 1.82) is 0 Å². The highest BCUT2D eigenvalue weighted by molar-refractivity contribution is 7.90. The molecule has 0 bridgehead atoms. The highest BCUT2D eigenvalue weighted by atomic mass is 32.2. The standard InChI is InChI=1S/C21H24N2O3S/c1-15-12-19(27(3,25)26)13-20(16(15)2)22-21(24)23-11-7-10-18(14-23)17-8-5-4-6-9-17/h4-6,8-10,12-13H,7,11,14H2,1-3H3,(H,22,24). The van der Waals surface area contributed by atoms with E-state index in [1.165, 1.54) is 12.3 Å². The van der Waals surface area contributed by atoms with Gasteiger partial charge in [0.2, 0.25) is 0 Å². The van der Waals surface area contributed by atoms with Crippen LogP contribution in [0, 0.1) is 13.8 Å². The monoisotopic (exact) mass is 384 g/mol. The van der Waals surface area contributed by atoms with Gasteiger partial charge in [-0.2, -0.15) is 0 Å². The second-order valence-electron chi connectivity index (χ2n) is 6.92. The van der Waals surface area contributed by atoms with Gasteiger partial charge in [-0.25, -0.2) is 13.2 Å². The molecule has 0 spiro atoms. The first-order valence-corrected chi connectivity index (χ1v) is 10.8. The number of nitrogens with one attached hydrogen (secondary N) is 1. The normalized spacial score (nSPS) is 14.6. The predicted molar refractivity (Wildman–Crippen MR) is 109 cm³/mol. The topological polar surface area (TPSA) is 66.5 Å². The summed E-state index contributed by atoms with van der Waals surface area (Å²) in [5.41, 5.74) is 4.47. The van der Waals surface area contributed by atoms with Crippen LogP contribution in [0.15, 0.2) is 53.4 Å². The third-order valence-electron chi connectivity index (χ3n) is 4.89. The van der Waals surface area contributed by atoms with E-state index < -0.39 is 9.84 Å². The molecule has 2 amide bonds. The van der Waals surface area contributed by atoms with Gasteiger partial charge in [0.05, 0.1) is 4.90 Å². The zero-order valence-corrected chi connectivity index (χ0v) is 16.6. The van der Waals surface area contributed by atoms with Crippen molar-refractivity contribution in [2.75, 3.05) is 24.7 Å². The number of nitrogens with zero attached hydrogens (tertiary/aromatic N) is 1. The minimum atomic E-state index is -3.34. The summed E-state index contributed by atoms with van der Waals surface area (Å²) in [5, 5.41) is 2.90. The number of anilines is 1. The molecule has 0 radical (unpaired) electrons. The maximum Gasteiger partial charge on any atom is 0.322 e. The van der Waals surface area contributed by atoms with Crippen molar-refractivity contribution in [3.05, 3.63) is 65.2 Å². The SMILES string of the molecule is Cc1cc(S(C)(=O)=O)cc(NC(=O)N2CCC=C(c3ccccc3)C2)c1C. The van der Waals surface area contributed by atoms with Gasteiger partial charge in [0.25, 0.3) is 0 Å². The van der Waals surface area contributed by atoms with E-state index in [0.29, 0.717) is 18.8 Å². The number of hydrogen-bond donors (Lipinski definition) is 1. The van der Waals surface area contributed by atoms with E-state index in [9.17, 15) is 13.2 Å². The minimum absolute atomic E-state index is 0.212. The number of carbonyl (C=O) groups is 1. The van der Waals surface area contributed by atoms with Crippen molar-refractivity contribution in [3.8, 4) is 0 Å². The Morgan fingerprint density at radius 1 is 1.11 bits per heavy atom. The van der Waals surface area contributed by atoms with Gasteiger partial charge in [-0.3, -0.25) is 0 Å². The first kappa shape index (κ1) is 19.2. The number of amides is 2. The van der Waals surface area contributed by atoms with Gasteiger partial charge in [0, 0.05) is 25.0 Å². The molecule has 142 valence electrons. The lowest BCUT2D eigenvalue weighted by molar-refractivity contribution is 0.217. The van der Waals surface area contributed by atoms with E-state index in [1.807, 2.05) is 44.2 Å². The summed E-state index contributed by atoms with van der Waals surface area (Å²) < 4.78 is 23.8. The van der Waals surface area contributed by atoms with Gasteiger partial charge in [-0.1, -0.05) is 36.4 Å². The molecule has 2 aromatic carbocycles. The highest BCUT2D eigenvalue weighted by Gasteiger charge is 2.21. The van der Waals surface area contributed by atoms with E-state index >= 15 is 0 Å². The summed E-state index contributed by atoms with van der Waals surface area (Å²) in [6.07, 6.45) is 4.13. The van der Waals surface area contributed by atoms with Gasteiger partial charge >= 0.3 is 6.03 Å². The Kier molecular flexibility index (Phi) is 5.37. The fraction of sp³-hybridized carbons (Fsp3) is 0.286. The van der Waals surface area contributed by atoms with Gasteiger partial charge in [0.15, 0.2) is 9.84 Å². The smallest absolute Gasteiger partial charge is 0.320 e. The molecule has 0 saturated carbocycles. The average Bonchev–Trinajstić information content (AvgIpc) is 2.65. The third kappa shape index (κ3) is 4.39. The van der Waals surface area contributed by atoms with Crippen LogP contribution in [0.25, 0.3) is 5.57 Å². The Balaban J connectivity index is 1.80. The Labute approximate surface area is 160 Å². The van der Waals surface area contributed by atoms with Gasteiger partial charge in [0.1, 0.15) is 0 Å². The molecule has 1 N–H and O–H groups in total. The Morgan fingerprint density at radius 3 is 2.48 bits per heavy atom. The van der Waals surface area contributed by atoms with Crippen molar-refractivity contribution < 1.29 is 13.2 Å². The molecule has 1 heterocycles. The van der Waals surface area contributed by atoms with Crippen LogP contribution in [0.4, 0.5) is 10.5 Å². The second kappa shape index (κ2) is 7.56. The first-order chi connectivity index (χ1) is 12.8. The average molecular weight is 385 g/mol. The number of aryl methyl sites for hydroxylation is 1. The molecule has 6 heteroatoms. The fourth-order valence-corrected chi connectivity index (χ4v) is 3.87. The molecule has 3 rings (SSSR count). The van der Waals surface area contributed by atoms with E-state index in [4.69, 9.17) is 0 Å². The Bertz CT molecular complexity index is 996. The summed E-state index contributed by atoms with van der Waals surface area (Å²) >= 11 is 0. The summed E-state index contributed by atoms with van der Waals surface area (Å²) in [6.45, 7) is 4.88. The molecular weight excluding hydrogens is 360 g/mol. The predicted octanol–water partition coefficient (Wildman–Crippen LogP) is 4.03. The van der Waals surface area contributed by atoms with E-state index in [-0.39, 0.29) is 10.9 Å². The lowest BCUT2D eigenvalue weighted by Crippen LogP contribution is -2.38. The summed E-state index contributed by atoms with van der Waals surface area (Å²) in [5.74, 6) is 0. The van der Waals surface area contributed by atoms with Crippen LogP contribution in [0.1, 0.15) is 23.1 Å². The third-order valence-corrected chi connectivity index (χ3v) is 5.99. The minimum Gasteiger partial charge on any atom is -0.320 e. The van der Waals surface area contributed by atoms with Crippen molar-refractivity contribution >= 4 is 27.1 Å². The van der Waals surface area contributed by atoms with Crippen LogP contribution in [-0.4, -0.2) is 38.7 Å².